The number of rotatable bonds is 4. The Morgan fingerprint density at radius 2 is 2.10 bits per heavy atom. The highest BCUT2D eigenvalue weighted by molar-refractivity contribution is 7.93. The predicted octanol–water partition coefficient (Wildman–Crippen LogP) is 3.04. The third kappa shape index (κ3) is 3.65. The van der Waals surface area contributed by atoms with Gasteiger partial charge in [-0.3, -0.25) is 4.72 Å². The van der Waals surface area contributed by atoms with Crippen molar-refractivity contribution in [2.45, 2.75) is 4.90 Å². The molecule has 0 radical (unpaired) electrons. The summed E-state index contributed by atoms with van der Waals surface area (Å²) in [5.74, 6) is -0.649. The fourth-order valence-electron chi connectivity index (χ4n) is 1.41. The monoisotopic (exact) mass is 366 g/mol. The fraction of sp³-hybridized carbons (Fsp3) is 0.0909. The lowest BCUT2D eigenvalue weighted by atomic mass is 10.2. The number of carbonyl (C=O) groups excluding carboxylic acids is 1. The Bertz CT molecular complexity index is 789. The number of thiazole rings is 1. The summed E-state index contributed by atoms with van der Waals surface area (Å²) in [6, 6.07) is 3.68. The molecule has 0 aliphatic carbocycles. The molecule has 0 aliphatic heterocycles. The summed E-state index contributed by atoms with van der Waals surface area (Å²) in [6.45, 7) is 0. The van der Waals surface area contributed by atoms with Crippen LogP contribution in [0.5, 0.6) is 0 Å². The van der Waals surface area contributed by atoms with E-state index in [1.807, 2.05) is 0 Å². The second kappa shape index (κ2) is 6.18. The molecule has 0 atom stereocenters. The predicted molar refractivity (Wildman–Crippen MR) is 80.7 cm³/mol. The van der Waals surface area contributed by atoms with Crippen molar-refractivity contribution in [3.63, 3.8) is 0 Å². The maximum Gasteiger partial charge on any atom is 0.339 e. The number of esters is 1. The van der Waals surface area contributed by atoms with Gasteiger partial charge in [-0.2, -0.15) is 0 Å². The molecule has 21 heavy (non-hydrogen) atoms. The second-order valence-corrected chi connectivity index (χ2v) is 7.46. The van der Waals surface area contributed by atoms with E-state index in [1.165, 1.54) is 25.4 Å². The Morgan fingerprint density at radius 3 is 2.62 bits per heavy atom. The highest BCUT2D eigenvalue weighted by atomic mass is 35.5. The molecule has 0 saturated heterocycles. The average molecular weight is 367 g/mol. The maximum absolute atomic E-state index is 12.2. The van der Waals surface area contributed by atoms with Crippen LogP contribution in [-0.2, 0) is 14.8 Å². The number of anilines is 1. The third-order valence-electron chi connectivity index (χ3n) is 2.36. The van der Waals surface area contributed by atoms with E-state index in [-0.39, 0.29) is 20.6 Å². The van der Waals surface area contributed by atoms with Crippen molar-refractivity contribution in [2.24, 2.45) is 0 Å². The molecule has 2 rings (SSSR count). The number of hydrogen-bond donors (Lipinski definition) is 1. The molecule has 1 heterocycles. The molecule has 0 fully saturated rings. The molecule has 10 heteroatoms. The largest absolute Gasteiger partial charge is 0.465 e. The Kier molecular flexibility index (Phi) is 4.72. The van der Waals surface area contributed by atoms with Crippen LogP contribution in [0, 0.1) is 0 Å². The van der Waals surface area contributed by atoms with Crippen LogP contribution in [0.4, 0.5) is 5.13 Å². The van der Waals surface area contributed by atoms with Gasteiger partial charge in [0.1, 0.15) is 4.34 Å². The van der Waals surface area contributed by atoms with Crippen LogP contribution in [0.2, 0.25) is 9.36 Å². The van der Waals surface area contributed by atoms with Crippen molar-refractivity contribution in [2.75, 3.05) is 11.8 Å². The molecular formula is C11H8Cl2N2O4S2. The zero-order valence-electron chi connectivity index (χ0n) is 10.5. The normalized spacial score (nSPS) is 11.2. The number of sulfonamides is 1. The van der Waals surface area contributed by atoms with Crippen molar-refractivity contribution in [3.8, 4) is 0 Å². The number of carbonyl (C=O) groups is 1. The van der Waals surface area contributed by atoms with Crippen molar-refractivity contribution >= 4 is 55.7 Å². The van der Waals surface area contributed by atoms with Gasteiger partial charge in [-0.25, -0.2) is 18.2 Å². The minimum Gasteiger partial charge on any atom is -0.465 e. The number of hydrogen-bond acceptors (Lipinski definition) is 6. The van der Waals surface area contributed by atoms with Gasteiger partial charge < -0.3 is 4.74 Å². The van der Waals surface area contributed by atoms with Crippen LogP contribution < -0.4 is 4.72 Å². The van der Waals surface area contributed by atoms with Crippen LogP contribution in [0.3, 0.4) is 0 Å². The standard InChI is InChI=1S/C11H8Cl2N2O4S2/c1-19-10(16)7-3-2-6(4-8(7)12)21(17,18)15-11-14-5-9(13)20-11/h2-5H,1H3,(H,14,15). The van der Waals surface area contributed by atoms with E-state index in [1.54, 1.807) is 0 Å². The first-order valence-corrected chi connectivity index (χ1v) is 8.41. The molecule has 2 aromatic rings. The molecule has 0 unspecified atom stereocenters. The fourth-order valence-corrected chi connectivity index (χ4v) is 3.82. The molecule has 0 saturated carbocycles. The van der Waals surface area contributed by atoms with Gasteiger partial charge in [0.15, 0.2) is 5.13 Å². The summed E-state index contributed by atoms with van der Waals surface area (Å²) >= 11 is 12.6. The van der Waals surface area contributed by atoms with Crippen molar-refractivity contribution < 1.29 is 17.9 Å². The minimum absolute atomic E-state index is 0.0260. The van der Waals surface area contributed by atoms with E-state index in [0.29, 0.717) is 4.34 Å². The molecule has 0 amide bonds. The highest BCUT2D eigenvalue weighted by Gasteiger charge is 2.19. The lowest BCUT2D eigenvalue weighted by molar-refractivity contribution is 0.0601. The Morgan fingerprint density at radius 1 is 1.38 bits per heavy atom. The zero-order valence-corrected chi connectivity index (χ0v) is 13.6. The number of ether oxygens (including phenoxy) is 1. The lowest BCUT2D eigenvalue weighted by Crippen LogP contribution is -2.13. The van der Waals surface area contributed by atoms with Crippen LogP contribution >= 0.6 is 34.5 Å². The van der Waals surface area contributed by atoms with Gasteiger partial charge >= 0.3 is 5.97 Å². The van der Waals surface area contributed by atoms with Gasteiger partial charge in [0.2, 0.25) is 0 Å². The zero-order chi connectivity index (χ0) is 15.6. The number of aromatic nitrogens is 1. The molecule has 112 valence electrons. The average Bonchev–Trinajstić information content (AvgIpc) is 2.82. The van der Waals surface area contributed by atoms with Crippen molar-refractivity contribution in [1.29, 1.82) is 0 Å². The van der Waals surface area contributed by atoms with E-state index in [4.69, 9.17) is 23.2 Å². The summed E-state index contributed by atoms with van der Waals surface area (Å²) in [4.78, 5) is 15.1. The Balaban J connectivity index is 2.32. The van der Waals surface area contributed by atoms with E-state index < -0.39 is 16.0 Å². The van der Waals surface area contributed by atoms with Gasteiger partial charge in [0.25, 0.3) is 10.0 Å². The van der Waals surface area contributed by atoms with Gasteiger partial charge in [0.05, 0.1) is 28.8 Å². The van der Waals surface area contributed by atoms with E-state index in [9.17, 15) is 13.2 Å². The van der Waals surface area contributed by atoms with Gasteiger partial charge in [0, 0.05) is 0 Å². The second-order valence-electron chi connectivity index (χ2n) is 3.71. The number of benzene rings is 1. The quantitative estimate of drug-likeness (QED) is 0.840. The van der Waals surface area contributed by atoms with E-state index in [0.717, 1.165) is 17.4 Å². The van der Waals surface area contributed by atoms with Crippen LogP contribution in [0.25, 0.3) is 0 Å². The van der Waals surface area contributed by atoms with Gasteiger partial charge in [-0.1, -0.05) is 34.5 Å². The summed E-state index contributed by atoms with van der Waals surface area (Å²) in [7, 11) is -2.66. The van der Waals surface area contributed by atoms with Crippen LogP contribution in [0.1, 0.15) is 10.4 Å². The van der Waals surface area contributed by atoms with Crippen molar-refractivity contribution in [3.05, 3.63) is 39.3 Å². The van der Waals surface area contributed by atoms with Crippen LogP contribution in [0.15, 0.2) is 29.3 Å². The molecule has 0 spiro atoms. The molecule has 1 aromatic heterocycles. The number of nitrogens with zero attached hydrogens (tertiary/aromatic N) is 1. The SMILES string of the molecule is COC(=O)c1ccc(S(=O)(=O)Nc2ncc(Cl)s2)cc1Cl. The smallest absolute Gasteiger partial charge is 0.339 e. The van der Waals surface area contributed by atoms with E-state index in [2.05, 4.69) is 14.4 Å². The molecule has 1 N–H and O–H groups in total. The van der Waals surface area contributed by atoms with Gasteiger partial charge in [-0.15, -0.1) is 0 Å². The molecule has 1 aromatic carbocycles. The van der Waals surface area contributed by atoms with Crippen molar-refractivity contribution in [1.82, 2.24) is 4.98 Å². The van der Waals surface area contributed by atoms with E-state index >= 15 is 0 Å². The lowest BCUT2D eigenvalue weighted by Gasteiger charge is -2.07. The molecule has 0 bridgehead atoms. The molecule has 6 nitrogen and oxygen atoms in total. The van der Waals surface area contributed by atoms with Crippen LogP contribution in [-0.4, -0.2) is 26.5 Å². The minimum atomic E-state index is -3.87. The Hall–Kier alpha value is -1.35. The summed E-state index contributed by atoms with van der Waals surface area (Å²) in [5.41, 5.74) is 0.0791. The molecular weight excluding hydrogens is 359 g/mol. The summed E-state index contributed by atoms with van der Waals surface area (Å²) in [6.07, 6.45) is 1.33. The van der Waals surface area contributed by atoms with Gasteiger partial charge in [-0.05, 0) is 18.2 Å². The third-order valence-corrected chi connectivity index (χ3v) is 5.16. The highest BCUT2D eigenvalue weighted by Crippen LogP contribution is 2.27. The first-order chi connectivity index (χ1) is 9.83. The number of halogens is 2. The maximum atomic E-state index is 12.2. The topological polar surface area (TPSA) is 85.4 Å². The number of nitrogens with one attached hydrogen (secondary N) is 1. The first kappa shape index (κ1) is 16.0. The Labute approximate surface area is 134 Å². The number of methoxy groups -OCH3 is 1. The first-order valence-electron chi connectivity index (χ1n) is 5.35. The summed E-state index contributed by atoms with van der Waals surface area (Å²) < 4.78 is 31.5. The summed E-state index contributed by atoms with van der Waals surface area (Å²) in [5, 5.41) is 0.107. The molecule has 0 aliphatic rings.